The zero-order valence-corrected chi connectivity index (χ0v) is 20.4. The first kappa shape index (κ1) is 27.9. The summed E-state index contributed by atoms with van der Waals surface area (Å²) in [6.45, 7) is 2.82. The molecule has 0 aliphatic carbocycles. The lowest BCUT2D eigenvalue weighted by Crippen LogP contribution is -2.49. The van der Waals surface area contributed by atoms with Crippen molar-refractivity contribution in [3.05, 3.63) is 24.3 Å². The van der Waals surface area contributed by atoms with Crippen molar-refractivity contribution in [2.24, 2.45) is 0 Å². The SMILES string of the molecule is CCCCCCCCOC(=O)Nc1ccc(S(=O)(=O)N[C@H](CC(=O)O)C[N+](C)(C)C)cc1. The molecule has 0 unspecified atom stereocenters. The van der Waals surface area contributed by atoms with Crippen LogP contribution < -0.4 is 10.0 Å². The molecule has 0 radical (unpaired) electrons. The Bertz CT molecular complexity index is 819. The van der Waals surface area contributed by atoms with Crippen LogP contribution in [0.25, 0.3) is 0 Å². The van der Waals surface area contributed by atoms with Gasteiger partial charge in [-0.1, -0.05) is 39.0 Å². The summed E-state index contributed by atoms with van der Waals surface area (Å²) in [6.07, 6.45) is 5.65. The molecule has 32 heavy (non-hydrogen) atoms. The van der Waals surface area contributed by atoms with Crippen LogP contribution in [0.4, 0.5) is 10.5 Å². The van der Waals surface area contributed by atoms with E-state index in [-0.39, 0.29) is 11.3 Å². The van der Waals surface area contributed by atoms with Gasteiger partial charge in [0.15, 0.2) is 0 Å². The van der Waals surface area contributed by atoms with Crippen molar-refractivity contribution >= 4 is 27.8 Å². The van der Waals surface area contributed by atoms with Crippen LogP contribution >= 0.6 is 0 Å². The van der Waals surface area contributed by atoms with Crippen molar-refractivity contribution in [1.82, 2.24) is 4.72 Å². The van der Waals surface area contributed by atoms with Gasteiger partial charge in [-0.3, -0.25) is 10.1 Å². The number of carbonyl (C=O) groups is 2. The highest BCUT2D eigenvalue weighted by atomic mass is 32.2. The summed E-state index contributed by atoms with van der Waals surface area (Å²) in [5.74, 6) is -1.08. The molecule has 1 rings (SSSR count). The van der Waals surface area contributed by atoms with E-state index >= 15 is 0 Å². The fraction of sp³-hybridized carbons (Fsp3) is 0.636. The Balaban J connectivity index is 2.59. The zero-order chi connectivity index (χ0) is 24.2. The number of amides is 1. The first-order chi connectivity index (χ1) is 14.9. The van der Waals surface area contributed by atoms with E-state index < -0.39 is 28.1 Å². The topological polar surface area (TPSA) is 122 Å². The molecular formula is C22H38N3O6S+. The predicted molar refractivity (Wildman–Crippen MR) is 124 cm³/mol. The fourth-order valence-corrected chi connectivity index (χ4v) is 4.45. The number of unbranched alkanes of at least 4 members (excludes halogenated alkanes) is 5. The Morgan fingerprint density at radius 3 is 2.19 bits per heavy atom. The van der Waals surface area contributed by atoms with E-state index in [2.05, 4.69) is 17.0 Å². The molecule has 0 fully saturated rings. The van der Waals surface area contributed by atoms with Crippen molar-refractivity contribution in [3.8, 4) is 0 Å². The third-order valence-corrected chi connectivity index (χ3v) is 6.19. The van der Waals surface area contributed by atoms with Crippen LogP contribution in [0.3, 0.4) is 0 Å². The van der Waals surface area contributed by atoms with E-state index in [1.807, 2.05) is 21.1 Å². The van der Waals surface area contributed by atoms with E-state index in [1.54, 1.807) is 0 Å². The van der Waals surface area contributed by atoms with Gasteiger partial charge in [-0.05, 0) is 30.7 Å². The number of likely N-dealkylation sites (N-methyl/N-ethyl adjacent to an activating group) is 1. The summed E-state index contributed by atoms with van der Waals surface area (Å²) < 4.78 is 33.4. The van der Waals surface area contributed by atoms with Gasteiger partial charge in [-0.2, -0.15) is 0 Å². The molecule has 0 spiro atoms. The number of quaternary nitrogens is 1. The van der Waals surface area contributed by atoms with Gasteiger partial charge in [0.25, 0.3) is 0 Å². The third-order valence-electron chi connectivity index (χ3n) is 4.65. The van der Waals surface area contributed by atoms with Crippen molar-refractivity contribution in [1.29, 1.82) is 0 Å². The Labute approximate surface area is 191 Å². The minimum absolute atomic E-state index is 0.0136. The summed E-state index contributed by atoms with van der Waals surface area (Å²) in [5, 5.41) is 11.7. The van der Waals surface area contributed by atoms with Crippen LogP contribution in [-0.2, 0) is 19.6 Å². The van der Waals surface area contributed by atoms with Gasteiger partial charge in [0.2, 0.25) is 10.0 Å². The van der Waals surface area contributed by atoms with Crippen molar-refractivity contribution in [2.75, 3.05) is 39.6 Å². The molecule has 1 aromatic carbocycles. The number of hydrogen-bond donors (Lipinski definition) is 3. The van der Waals surface area contributed by atoms with Crippen LogP contribution in [0.5, 0.6) is 0 Å². The number of ether oxygens (including phenoxy) is 1. The Kier molecular flexibility index (Phi) is 11.7. The van der Waals surface area contributed by atoms with E-state index in [0.717, 1.165) is 19.3 Å². The molecule has 0 saturated carbocycles. The molecule has 0 aliphatic rings. The average Bonchev–Trinajstić information content (AvgIpc) is 2.65. The molecule has 1 atom stereocenters. The number of benzene rings is 1. The van der Waals surface area contributed by atoms with Crippen LogP contribution in [0, 0.1) is 0 Å². The third kappa shape index (κ3) is 12.0. The predicted octanol–water partition coefficient (Wildman–Crippen LogP) is 3.42. The number of nitrogens with one attached hydrogen (secondary N) is 2. The van der Waals surface area contributed by atoms with E-state index in [4.69, 9.17) is 9.84 Å². The zero-order valence-electron chi connectivity index (χ0n) is 19.6. The summed E-state index contributed by atoms with van der Waals surface area (Å²) >= 11 is 0. The van der Waals surface area contributed by atoms with Gasteiger partial charge >= 0.3 is 12.1 Å². The minimum Gasteiger partial charge on any atom is -0.481 e. The molecule has 1 aromatic rings. The number of anilines is 1. The minimum atomic E-state index is -3.92. The van der Waals surface area contributed by atoms with Crippen molar-refractivity contribution < 1.29 is 32.3 Å². The van der Waals surface area contributed by atoms with Crippen LogP contribution in [0.15, 0.2) is 29.2 Å². The quantitative estimate of drug-likeness (QED) is 0.266. The number of carbonyl (C=O) groups excluding carboxylic acids is 1. The summed E-state index contributed by atoms with van der Waals surface area (Å²) in [7, 11) is 1.65. The average molecular weight is 473 g/mol. The molecular weight excluding hydrogens is 434 g/mol. The Morgan fingerprint density at radius 2 is 1.62 bits per heavy atom. The van der Waals surface area contributed by atoms with Gasteiger partial charge in [0, 0.05) is 5.69 Å². The first-order valence-corrected chi connectivity index (χ1v) is 12.5. The number of carboxylic acids is 1. The molecule has 0 heterocycles. The first-order valence-electron chi connectivity index (χ1n) is 11.0. The van der Waals surface area contributed by atoms with Gasteiger partial charge in [0.1, 0.15) is 0 Å². The standard InChI is InChI=1S/C22H37N3O6S/c1-5-6-7-8-9-10-15-31-22(28)23-18-11-13-20(14-12-18)32(29,30)24-19(16-21(26)27)17-25(2,3)4/h11-14,19,24H,5-10,15-17H2,1-4H3,(H-,23,26,27,28)/p+1/t19-/m1/s1. The Morgan fingerprint density at radius 1 is 1.03 bits per heavy atom. The monoisotopic (exact) mass is 472 g/mol. The molecule has 3 N–H and O–H groups in total. The fourth-order valence-electron chi connectivity index (χ4n) is 3.22. The van der Waals surface area contributed by atoms with Crippen molar-refractivity contribution in [2.45, 2.75) is 62.8 Å². The molecule has 0 bridgehead atoms. The molecule has 0 saturated heterocycles. The number of rotatable bonds is 15. The largest absolute Gasteiger partial charge is 0.481 e. The van der Waals surface area contributed by atoms with Gasteiger partial charge in [-0.15, -0.1) is 0 Å². The van der Waals surface area contributed by atoms with Crippen LogP contribution in [0.2, 0.25) is 0 Å². The number of carboxylic acid groups (broad SMARTS) is 1. The van der Waals surface area contributed by atoms with Gasteiger partial charge in [0.05, 0.1) is 51.7 Å². The maximum absolute atomic E-state index is 12.7. The highest BCUT2D eigenvalue weighted by Crippen LogP contribution is 2.16. The second-order valence-corrected chi connectivity index (χ2v) is 10.7. The van der Waals surface area contributed by atoms with Gasteiger partial charge in [-0.25, -0.2) is 17.9 Å². The maximum Gasteiger partial charge on any atom is 0.411 e. The number of aliphatic carboxylic acids is 1. The normalized spacial score (nSPS) is 12.9. The molecule has 9 nitrogen and oxygen atoms in total. The second kappa shape index (κ2) is 13.4. The van der Waals surface area contributed by atoms with Crippen LogP contribution in [0.1, 0.15) is 51.9 Å². The molecule has 182 valence electrons. The van der Waals surface area contributed by atoms with E-state index in [0.29, 0.717) is 23.3 Å². The lowest BCUT2D eigenvalue weighted by atomic mass is 10.1. The summed E-state index contributed by atoms with van der Waals surface area (Å²) in [4.78, 5) is 23.0. The summed E-state index contributed by atoms with van der Waals surface area (Å²) in [5.41, 5.74) is 0.408. The lowest BCUT2D eigenvalue weighted by Gasteiger charge is -2.29. The maximum atomic E-state index is 12.7. The Hall–Kier alpha value is -2.17. The molecule has 1 amide bonds. The smallest absolute Gasteiger partial charge is 0.411 e. The van der Waals surface area contributed by atoms with Crippen LogP contribution in [-0.4, -0.2) is 70.4 Å². The number of sulfonamides is 1. The van der Waals surface area contributed by atoms with Crippen molar-refractivity contribution in [3.63, 3.8) is 0 Å². The molecule has 10 heteroatoms. The highest BCUT2D eigenvalue weighted by molar-refractivity contribution is 7.89. The van der Waals surface area contributed by atoms with E-state index in [9.17, 15) is 18.0 Å². The van der Waals surface area contributed by atoms with E-state index in [1.165, 1.54) is 43.5 Å². The molecule has 0 aliphatic heterocycles. The second-order valence-electron chi connectivity index (χ2n) is 8.94. The number of nitrogens with zero attached hydrogens (tertiary/aromatic N) is 1. The highest BCUT2D eigenvalue weighted by Gasteiger charge is 2.27. The molecule has 0 aromatic heterocycles. The van der Waals surface area contributed by atoms with Gasteiger partial charge < -0.3 is 14.3 Å². The lowest BCUT2D eigenvalue weighted by molar-refractivity contribution is -0.871. The number of hydrogen-bond acceptors (Lipinski definition) is 5. The summed E-state index contributed by atoms with van der Waals surface area (Å²) in [6, 6.07) is 4.89.